The summed E-state index contributed by atoms with van der Waals surface area (Å²) in [6, 6.07) is 11.6. The van der Waals surface area contributed by atoms with Gasteiger partial charge in [0.15, 0.2) is 5.82 Å². The quantitative estimate of drug-likeness (QED) is 0.641. The largest absolute Gasteiger partial charge is 0.379 e. The molecule has 0 spiro atoms. The van der Waals surface area contributed by atoms with E-state index >= 15 is 0 Å². The topological polar surface area (TPSA) is 87.9 Å². The van der Waals surface area contributed by atoms with Gasteiger partial charge in [0.1, 0.15) is 5.76 Å². The molecule has 0 atom stereocenters. The van der Waals surface area contributed by atoms with E-state index in [1.807, 2.05) is 30.3 Å². The monoisotopic (exact) mass is 414 g/mol. The molecule has 162 valence electrons. The van der Waals surface area contributed by atoms with Crippen LogP contribution in [-0.2, 0) is 20.7 Å². The lowest BCUT2D eigenvalue weighted by Crippen LogP contribution is -2.41. The van der Waals surface area contributed by atoms with E-state index in [2.05, 4.69) is 15.4 Å². The first-order valence-corrected chi connectivity index (χ1v) is 10.4. The number of nitrogens with one attached hydrogen (secondary N) is 1. The Kier molecular flexibility index (Phi) is 8.41. The van der Waals surface area contributed by atoms with Gasteiger partial charge in [-0.2, -0.15) is 0 Å². The molecule has 1 aliphatic rings. The first-order chi connectivity index (χ1) is 14.6. The number of aromatic nitrogens is 1. The number of carbonyl (C=O) groups excluding carboxylic acids is 2. The zero-order valence-electron chi connectivity index (χ0n) is 17.5. The van der Waals surface area contributed by atoms with Crippen molar-refractivity contribution in [2.75, 3.05) is 51.3 Å². The number of rotatable bonds is 10. The maximum Gasteiger partial charge on any atom is 0.245 e. The van der Waals surface area contributed by atoms with E-state index in [1.165, 1.54) is 0 Å². The van der Waals surface area contributed by atoms with E-state index in [0.717, 1.165) is 44.8 Å². The average Bonchev–Trinajstić information content (AvgIpc) is 3.17. The third kappa shape index (κ3) is 7.27. The molecule has 8 heteroatoms. The Hall–Kier alpha value is -2.71. The molecule has 0 bridgehead atoms. The highest BCUT2D eigenvalue weighted by atomic mass is 16.5. The molecule has 8 nitrogen and oxygen atoms in total. The van der Waals surface area contributed by atoms with Crippen molar-refractivity contribution in [1.29, 1.82) is 0 Å². The highest BCUT2D eigenvalue weighted by Gasteiger charge is 2.19. The van der Waals surface area contributed by atoms with Gasteiger partial charge in [-0.25, -0.2) is 0 Å². The first kappa shape index (κ1) is 22.0. The normalized spacial score (nSPS) is 14.4. The number of hydrogen-bond acceptors (Lipinski definition) is 6. The molecular formula is C22H30N4O4. The van der Waals surface area contributed by atoms with Gasteiger partial charge in [-0.05, 0) is 25.3 Å². The van der Waals surface area contributed by atoms with Crippen LogP contribution in [0.4, 0.5) is 5.82 Å². The number of carbonyl (C=O) groups is 2. The summed E-state index contributed by atoms with van der Waals surface area (Å²) in [6.45, 7) is 6.50. The molecule has 0 radical (unpaired) electrons. The smallest absolute Gasteiger partial charge is 0.245 e. The zero-order valence-corrected chi connectivity index (χ0v) is 17.5. The van der Waals surface area contributed by atoms with Crippen LogP contribution in [0.2, 0.25) is 0 Å². The predicted molar refractivity (Wildman–Crippen MR) is 113 cm³/mol. The van der Waals surface area contributed by atoms with Crippen molar-refractivity contribution in [3.05, 3.63) is 47.7 Å². The van der Waals surface area contributed by atoms with Crippen molar-refractivity contribution in [2.24, 2.45) is 0 Å². The summed E-state index contributed by atoms with van der Waals surface area (Å²) >= 11 is 0. The number of nitrogens with zero attached hydrogens (tertiary/aromatic N) is 3. The van der Waals surface area contributed by atoms with Crippen molar-refractivity contribution in [3.8, 4) is 0 Å². The third-order valence-electron chi connectivity index (χ3n) is 5.06. The van der Waals surface area contributed by atoms with Crippen molar-refractivity contribution in [2.45, 2.75) is 26.2 Å². The van der Waals surface area contributed by atoms with E-state index in [-0.39, 0.29) is 18.4 Å². The molecule has 1 saturated heterocycles. The van der Waals surface area contributed by atoms with Gasteiger partial charge < -0.3 is 19.5 Å². The maximum atomic E-state index is 12.9. The Labute approximate surface area is 177 Å². The van der Waals surface area contributed by atoms with Crippen molar-refractivity contribution >= 4 is 17.6 Å². The second-order valence-electron chi connectivity index (χ2n) is 7.48. The van der Waals surface area contributed by atoms with Crippen molar-refractivity contribution in [1.82, 2.24) is 15.0 Å². The van der Waals surface area contributed by atoms with Crippen LogP contribution in [0, 0.1) is 6.92 Å². The molecule has 1 fully saturated rings. The number of benzene rings is 1. The van der Waals surface area contributed by atoms with Gasteiger partial charge in [-0.15, -0.1) is 0 Å². The van der Waals surface area contributed by atoms with Gasteiger partial charge in [0.25, 0.3) is 0 Å². The number of amides is 2. The lowest BCUT2D eigenvalue weighted by Gasteiger charge is -2.28. The molecule has 2 heterocycles. The van der Waals surface area contributed by atoms with Crippen LogP contribution in [0.3, 0.4) is 0 Å². The van der Waals surface area contributed by atoms with E-state index < -0.39 is 0 Å². The Morgan fingerprint density at radius 3 is 2.67 bits per heavy atom. The van der Waals surface area contributed by atoms with Crippen molar-refractivity contribution < 1.29 is 18.8 Å². The van der Waals surface area contributed by atoms with Crippen LogP contribution in [0.1, 0.15) is 24.2 Å². The van der Waals surface area contributed by atoms with Crippen LogP contribution in [0.25, 0.3) is 0 Å². The summed E-state index contributed by atoms with van der Waals surface area (Å²) in [7, 11) is 0. The number of morpholine rings is 1. The number of ether oxygens (including phenoxy) is 1. The summed E-state index contributed by atoms with van der Waals surface area (Å²) in [5.41, 5.74) is 1.11. The fraction of sp³-hybridized carbons (Fsp3) is 0.500. The van der Waals surface area contributed by atoms with Crippen LogP contribution < -0.4 is 5.32 Å². The van der Waals surface area contributed by atoms with Gasteiger partial charge in [-0.3, -0.25) is 14.5 Å². The molecule has 1 aromatic carbocycles. The molecule has 2 aromatic rings. The summed E-state index contributed by atoms with van der Waals surface area (Å²) in [5.74, 6) is 0.684. The molecule has 1 N–H and O–H groups in total. The lowest BCUT2D eigenvalue weighted by molar-refractivity contribution is -0.134. The average molecular weight is 415 g/mol. The number of aryl methyl sites for hydroxylation is 2. The minimum absolute atomic E-state index is 0.00262. The standard InChI is InChI=1S/C22H30N4O4/c1-18-16-20(24-30-18)23-21(27)17-26(11-5-10-25-12-14-29-15-13-25)22(28)9-8-19-6-3-2-4-7-19/h2-4,6-7,16H,5,8-15,17H2,1H3,(H,23,24,27). The fourth-order valence-corrected chi connectivity index (χ4v) is 3.44. The highest BCUT2D eigenvalue weighted by molar-refractivity contribution is 5.93. The Bertz CT molecular complexity index is 802. The number of anilines is 1. The molecule has 0 saturated carbocycles. The van der Waals surface area contributed by atoms with Crippen LogP contribution >= 0.6 is 0 Å². The first-order valence-electron chi connectivity index (χ1n) is 10.4. The van der Waals surface area contributed by atoms with Gasteiger partial charge >= 0.3 is 0 Å². The number of hydrogen-bond donors (Lipinski definition) is 1. The summed E-state index contributed by atoms with van der Waals surface area (Å²) in [5, 5.41) is 6.48. The maximum absolute atomic E-state index is 12.9. The Balaban J connectivity index is 1.53. The second-order valence-corrected chi connectivity index (χ2v) is 7.48. The van der Waals surface area contributed by atoms with E-state index in [0.29, 0.717) is 31.0 Å². The van der Waals surface area contributed by atoms with Crippen LogP contribution in [-0.4, -0.2) is 72.7 Å². The van der Waals surface area contributed by atoms with Gasteiger partial charge in [0, 0.05) is 38.7 Å². The zero-order chi connectivity index (χ0) is 21.2. The van der Waals surface area contributed by atoms with Gasteiger partial charge in [0.05, 0.1) is 19.8 Å². The molecule has 30 heavy (non-hydrogen) atoms. The van der Waals surface area contributed by atoms with E-state index in [1.54, 1.807) is 17.9 Å². The SMILES string of the molecule is Cc1cc(NC(=O)CN(CCCN2CCOCC2)C(=O)CCc2ccccc2)no1. The molecule has 0 unspecified atom stereocenters. The molecule has 2 amide bonds. The fourth-order valence-electron chi connectivity index (χ4n) is 3.44. The summed E-state index contributed by atoms with van der Waals surface area (Å²) < 4.78 is 10.4. The minimum Gasteiger partial charge on any atom is -0.379 e. The molecule has 1 aromatic heterocycles. The summed E-state index contributed by atoms with van der Waals surface area (Å²) in [6.07, 6.45) is 1.84. The van der Waals surface area contributed by atoms with E-state index in [4.69, 9.17) is 9.26 Å². The van der Waals surface area contributed by atoms with E-state index in [9.17, 15) is 9.59 Å². The lowest BCUT2D eigenvalue weighted by atomic mass is 10.1. The molecule has 1 aliphatic heterocycles. The Morgan fingerprint density at radius 1 is 1.20 bits per heavy atom. The van der Waals surface area contributed by atoms with Crippen molar-refractivity contribution in [3.63, 3.8) is 0 Å². The van der Waals surface area contributed by atoms with Gasteiger partial charge in [-0.1, -0.05) is 35.5 Å². The molecule has 3 rings (SSSR count). The molecule has 0 aliphatic carbocycles. The highest BCUT2D eigenvalue weighted by Crippen LogP contribution is 2.09. The minimum atomic E-state index is -0.275. The second kappa shape index (κ2) is 11.5. The van der Waals surface area contributed by atoms with Gasteiger partial charge in [0.2, 0.25) is 11.8 Å². The van der Waals surface area contributed by atoms with Crippen LogP contribution in [0.15, 0.2) is 40.9 Å². The molecular weight excluding hydrogens is 384 g/mol. The summed E-state index contributed by atoms with van der Waals surface area (Å²) in [4.78, 5) is 29.3. The van der Waals surface area contributed by atoms with Crippen LogP contribution in [0.5, 0.6) is 0 Å². The third-order valence-corrected chi connectivity index (χ3v) is 5.06. The Morgan fingerprint density at radius 2 is 1.97 bits per heavy atom. The predicted octanol–water partition coefficient (Wildman–Crippen LogP) is 2.11.